The Kier molecular flexibility index (Phi) is 7.07. The molecule has 1 N–H and O–H groups in total. The predicted octanol–water partition coefficient (Wildman–Crippen LogP) is 3.82. The lowest BCUT2D eigenvalue weighted by Crippen LogP contribution is -2.51. The number of hydrogen-bond donors (Lipinski definition) is 1. The normalized spacial score (nSPS) is 22.3. The molecule has 2 fully saturated rings. The van der Waals surface area contributed by atoms with Crippen molar-refractivity contribution in [2.75, 3.05) is 19.6 Å². The highest BCUT2D eigenvalue weighted by molar-refractivity contribution is 5.95. The van der Waals surface area contributed by atoms with E-state index in [0.717, 1.165) is 44.0 Å². The summed E-state index contributed by atoms with van der Waals surface area (Å²) in [6.45, 7) is 6.57. The molecule has 0 aliphatic carbocycles. The molecule has 0 spiro atoms. The Morgan fingerprint density at radius 1 is 1.03 bits per heavy atom. The average Bonchev–Trinajstić information content (AvgIpc) is 3.33. The van der Waals surface area contributed by atoms with Gasteiger partial charge in [-0.05, 0) is 67.8 Å². The molecule has 6 nitrogen and oxygen atoms in total. The number of furan rings is 1. The van der Waals surface area contributed by atoms with Crippen LogP contribution in [0.25, 0.3) is 0 Å². The van der Waals surface area contributed by atoms with Crippen LogP contribution in [0.3, 0.4) is 0 Å². The fourth-order valence-electron chi connectivity index (χ4n) is 4.84. The molecule has 6 heteroatoms. The minimum atomic E-state index is -0.443. The molecule has 31 heavy (non-hydrogen) atoms. The number of hydrogen-bond acceptors (Lipinski definition) is 4. The molecule has 0 bridgehead atoms. The summed E-state index contributed by atoms with van der Waals surface area (Å²) in [6, 6.07) is 11.3. The van der Waals surface area contributed by atoms with Crippen molar-refractivity contribution in [2.45, 2.75) is 58.2 Å². The van der Waals surface area contributed by atoms with Crippen molar-refractivity contribution < 1.29 is 14.0 Å². The summed E-state index contributed by atoms with van der Waals surface area (Å²) in [5.74, 6) is 0.746. The Labute approximate surface area is 184 Å². The van der Waals surface area contributed by atoms with Gasteiger partial charge in [0.25, 0.3) is 5.91 Å². The SMILES string of the molecule is CC1CCCN(Cc2ccccc2CNC(=O)C2CCCCN2C(=O)c2ccco2)C1. The second-order valence-electron chi connectivity index (χ2n) is 8.96. The maximum atomic E-state index is 13.1. The molecule has 2 aromatic rings. The van der Waals surface area contributed by atoms with Crippen LogP contribution in [-0.2, 0) is 17.9 Å². The molecule has 0 radical (unpaired) electrons. The van der Waals surface area contributed by atoms with Crippen LogP contribution >= 0.6 is 0 Å². The van der Waals surface area contributed by atoms with Crippen molar-refractivity contribution in [1.29, 1.82) is 0 Å². The second-order valence-corrected chi connectivity index (χ2v) is 8.96. The van der Waals surface area contributed by atoms with Crippen LogP contribution in [0, 0.1) is 5.92 Å². The predicted molar refractivity (Wildman–Crippen MR) is 119 cm³/mol. The van der Waals surface area contributed by atoms with Gasteiger partial charge < -0.3 is 14.6 Å². The maximum absolute atomic E-state index is 13.1. The van der Waals surface area contributed by atoms with Gasteiger partial charge in [0.2, 0.25) is 5.91 Å². The van der Waals surface area contributed by atoms with E-state index in [-0.39, 0.29) is 11.8 Å². The second kappa shape index (κ2) is 10.1. The van der Waals surface area contributed by atoms with Gasteiger partial charge in [0.1, 0.15) is 6.04 Å². The number of likely N-dealkylation sites (tertiary alicyclic amines) is 2. The largest absolute Gasteiger partial charge is 0.459 e. The Morgan fingerprint density at radius 2 is 1.87 bits per heavy atom. The molecule has 166 valence electrons. The number of piperidine rings is 2. The van der Waals surface area contributed by atoms with Crippen LogP contribution in [-0.4, -0.2) is 47.3 Å². The van der Waals surface area contributed by atoms with Gasteiger partial charge >= 0.3 is 0 Å². The van der Waals surface area contributed by atoms with Crippen molar-refractivity contribution in [3.8, 4) is 0 Å². The molecular weight excluding hydrogens is 390 g/mol. The summed E-state index contributed by atoms with van der Waals surface area (Å²) >= 11 is 0. The minimum Gasteiger partial charge on any atom is -0.459 e. The molecule has 2 aliphatic rings. The van der Waals surface area contributed by atoms with E-state index in [1.54, 1.807) is 17.0 Å². The standard InChI is InChI=1S/C25H33N3O3/c1-19-8-6-13-27(17-19)18-21-10-3-2-9-20(21)16-26-24(29)22-11-4-5-14-28(22)25(30)23-12-7-15-31-23/h2-3,7,9-10,12,15,19,22H,4-6,8,11,13-14,16-18H2,1H3,(H,26,29). The first-order chi connectivity index (χ1) is 15.1. The van der Waals surface area contributed by atoms with Crippen LogP contribution in [0.5, 0.6) is 0 Å². The highest BCUT2D eigenvalue weighted by Gasteiger charge is 2.33. The van der Waals surface area contributed by atoms with Crippen LogP contribution < -0.4 is 5.32 Å². The first-order valence-corrected chi connectivity index (χ1v) is 11.5. The van der Waals surface area contributed by atoms with Gasteiger partial charge in [-0.3, -0.25) is 14.5 Å². The third-order valence-corrected chi connectivity index (χ3v) is 6.50. The number of amides is 2. The molecule has 1 aromatic heterocycles. The Bertz CT molecular complexity index is 880. The van der Waals surface area contributed by atoms with Gasteiger partial charge in [0, 0.05) is 26.2 Å². The zero-order valence-corrected chi connectivity index (χ0v) is 18.4. The summed E-state index contributed by atoms with van der Waals surface area (Å²) in [5.41, 5.74) is 2.41. The summed E-state index contributed by atoms with van der Waals surface area (Å²) in [5, 5.41) is 3.10. The molecule has 4 rings (SSSR count). The first-order valence-electron chi connectivity index (χ1n) is 11.5. The fraction of sp³-hybridized carbons (Fsp3) is 0.520. The molecule has 3 heterocycles. The van der Waals surface area contributed by atoms with Gasteiger partial charge in [-0.25, -0.2) is 0 Å². The van der Waals surface area contributed by atoms with E-state index in [1.165, 1.54) is 24.7 Å². The van der Waals surface area contributed by atoms with Crippen molar-refractivity contribution in [3.63, 3.8) is 0 Å². The molecule has 2 aliphatic heterocycles. The summed E-state index contributed by atoms with van der Waals surface area (Å²) in [7, 11) is 0. The number of benzene rings is 1. The van der Waals surface area contributed by atoms with Crippen LogP contribution in [0.2, 0.25) is 0 Å². The monoisotopic (exact) mass is 423 g/mol. The van der Waals surface area contributed by atoms with E-state index in [0.29, 0.717) is 25.3 Å². The van der Waals surface area contributed by atoms with E-state index in [9.17, 15) is 9.59 Å². The molecule has 2 saturated heterocycles. The zero-order chi connectivity index (χ0) is 21.6. The molecule has 2 unspecified atom stereocenters. The van der Waals surface area contributed by atoms with Gasteiger partial charge in [-0.2, -0.15) is 0 Å². The third kappa shape index (κ3) is 5.37. The van der Waals surface area contributed by atoms with E-state index >= 15 is 0 Å². The number of rotatable bonds is 6. The van der Waals surface area contributed by atoms with Crippen molar-refractivity contribution in [1.82, 2.24) is 15.1 Å². The van der Waals surface area contributed by atoms with Crippen molar-refractivity contribution in [2.24, 2.45) is 5.92 Å². The van der Waals surface area contributed by atoms with Crippen molar-refractivity contribution >= 4 is 11.8 Å². The Morgan fingerprint density at radius 3 is 2.65 bits per heavy atom. The van der Waals surface area contributed by atoms with Gasteiger partial charge in [0.05, 0.1) is 6.26 Å². The van der Waals surface area contributed by atoms with Crippen LogP contribution in [0.15, 0.2) is 47.1 Å². The van der Waals surface area contributed by atoms with E-state index in [1.807, 2.05) is 6.07 Å². The van der Waals surface area contributed by atoms with E-state index in [4.69, 9.17) is 4.42 Å². The molecule has 2 amide bonds. The lowest BCUT2D eigenvalue weighted by Gasteiger charge is -2.34. The van der Waals surface area contributed by atoms with Gasteiger partial charge in [-0.15, -0.1) is 0 Å². The van der Waals surface area contributed by atoms with E-state index < -0.39 is 6.04 Å². The number of carbonyl (C=O) groups is 2. The molecule has 2 atom stereocenters. The highest BCUT2D eigenvalue weighted by Crippen LogP contribution is 2.22. The smallest absolute Gasteiger partial charge is 0.290 e. The number of carbonyl (C=O) groups excluding carboxylic acids is 2. The summed E-state index contributed by atoms with van der Waals surface area (Å²) in [6.07, 6.45) is 6.60. The Balaban J connectivity index is 1.39. The van der Waals surface area contributed by atoms with Gasteiger partial charge in [0.15, 0.2) is 5.76 Å². The zero-order valence-electron chi connectivity index (χ0n) is 18.4. The van der Waals surface area contributed by atoms with Gasteiger partial charge in [-0.1, -0.05) is 31.2 Å². The lowest BCUT2D eigenvalue weighted by molar-refractivity contribution is -0.126. The Hall–Kier alpha value is -2.60. The molecule has 0 saturated carbocycles. The number of nitrogens with one attached hydrogen (secondary N) is 1. The van der Waals surface area contributed by atoms with Crippen LogP contribution in [0.1, 0.15) is 60.7 Å². The van der Waals surface area contributed by atoms with E-state index in [2.05, 4.69) is 35.3 Å². The van der Waals surface area contributed by atoms with Crippen LogP contribution in [0.4, 0.5) is 0 Å². The minimum absolute atomic E-state index is 0.0824. The average molecular weight is 424 g/mol. The quantitative estimate of drug-likeness (QED) is 0.767. The third-order valence-electron chi connectivity index (χ3n) is 6.50. The maximum Gasteiger partial charge on any atom is 0.290 e. The highest BCUT2D eigenvalue weighted by atomic mass is 16.3. The summed E-state index contributed by atoms with van der Waals surface area (Å²) < 4.78 is 5.27. The topological polar surface area (TPSA) is 65.8 Å². The number of nitrogens with zero attached hydrogens (tertiary/aromatic N) is 2. The lowest BCUT2D eigenvalue weighted by atomic mass is 9.98. The fourth-order valence-corrected chi connectivity index (χ4v) is 4.84. The van der Waals surface area contributed by atoms with Crippen molar-refractivity contribution in [3.05, 3.63) is 59.5 Å². The molecule has 1 aromatic carbocycles. The first kappa shape index (κ1) is 21.6. The summed E-state index contributed by atoms with van der Waals surface area (Å²) in [4.78, 5) is 30.0. The molecular formula is C25H33N3O3.